The smallest absolute Gasteiger partial charge is 0.354 e. The third-order valence-corrected chi connectivity index (χ3v) is 1.19. The largest absolute Gasteiger partial charge is 0.438 e. The first kappa shape index (κ1) is 6.26. The Labute approximate surface area is 53.7 Å². The van der Waals surface area contributed by atoms with Gasteiger partial charge in [0.15, 0.2) is 6.73 Å². The van der Waals surface area contributed by atoms with E-state index in [1.165, 1.54) is 0 Å². The Hall–Kier alpha value is -0.860. The minimum atomic E-state index is -0.259. The number of ether oxygens (including phenoxy) is 1. The summed E-state index contributed by atoms with van der Waals surface area (Å²) in [4.78, 5) is 14.5. The molecule has 0 aromatic heterocycles. The van der Waals surface area contributed by atoms with Crippen LogP contribution in [0.15, 0.2) is 4.99 Å². The van der Waals surface area contributed by atoms with Crippen molar-refractivity contribution in [1.82, 2.24) is 0 Å². The van der Waals surface area contributed by atoms with E-state index in [9.17, 15) is 4.79 Å². The lowest BCUT2D eigenvalue weighted by molar-refractivity contribution is -0.133. The SMILES string of the molecule is CC(C)C1=NCOC1=O. The Balaban J connectivity index is 2.68. The summed E-state index contributed by atoms with van der Waals surface area (Å²) in [5.74, 6) is -0.0648. The van der Waals surface area contributed by atoms with Gasteiger partial charge in [-0.25, -0.2) is 9.79 Å². The van der Waals surface area contributed by atoms with E-state index < -0.39 is 0 Å². The molecule has 1 aliphatic heterocycles. The average molecular weight is 127 g/mol. The normalized spacial score (nSPS) is 18.1. The second-order valence-electron chi connectivity index (χ2n) is 2.26. The zero-order valence-corrected chi connectivity index (χ0v) is 5.55. The summed E-state index contributed by atoms with van der Waals surface area (Å²) >= 11 is 0. The fourth-order valence-corrected chi connectivity index (χ4v) is 0.717. The molecule has 1 rings (SSSR count). The van der Waals surface area contributed by atoms with Gasteiger partial charge < -0.3 is 4.74 Å². The second kappa shape index (κ2) is 2.17. The van der Waals surface area contributed by atoms with Gasteiger partial charge in [0, 0.05) is 5.92 Å². The molecule has 0 N–H and O–H groups in total. The van der Waals surface area contributed by atoms with Crippen LogP contribution in [-0.4, -0.2) is 18.4 Å². The summed E-state index contributed by atoms with van der Waals surface area (Å²) in [5, 5.41) is 0. The number of hydrogen-bond donors (Lipinski definition) is 0. The summed E-state index contributed by atoms with van der Waals surface area (Å²) < 4.78 is 4.58. The zero-order valence-electron chi connectivity index (χ0n) is 5.55. The van der Waals surface area contributed by atoms with Crippen molar-refractivity contribution in [2.45, 2.75) is 13.8 Å². The van der Waals surface area contributed by atoms with Crippen molar-refractivity contribution in [2.24, 2.45) is 10.9 Å². The molecule has 0 aromatic carbocycles. The van der Waals surface area contributed by atoms with E-state index in [0.29, 0.717) is 5.71 Å². The molecule has 0 amide bonds. The van der Waals surface area contributed by atoms with Crippen LogP contribution in [0, 0.1) is 5.92 Å². The van der Waals surface area contributed by atoms with Crippen LogP contribution in [-0.2, 0) is 9.53 Å². The summed E-state index contributed by atoms with van der Waals surface area (Å²) in [6, 6.07) is 0. The van der Waals surface area contributed by atoms with Gasteiger partial charge >= 0.3 is 5.97 Å². The van der Waals surface area contributed by atoms with E-state index in [4.69, 9.17) is 0 Å². The van der Waals surface area contributed by atoms with Crippen molar-refractivity contribution >= 4 is 11.7 Å². The van der Waals surface area contributed by atoms with E-state index >= 15 is 0 Å². The van der Waals surface area contributed by atoms with Crippen molar-refractivity contribution < 1.29 is 9.53 Å². The van der Waals surface area contributed by atoms with Gasteiger partial charge in [0.05, 0.1) is 0 Å². The highest BCUT2D eigenvalue weighted by Gasteiger charge is 2.20. The average Bonchev–Trinajstić information content (AvgIpc) is 2.13. The number of nitrogens with zero attached hydrogens (tertiary/aromatic N) is 1. The Morgan fingerprint density at radius 3 is 2.56 bits per heavy atom. The first-order valence-electron chi connectivity index (χ1n) is 2.93. The molecule has 0 spiro atoms. The molecule has 0 saturated heterocycles. The van der Waals surface area contributed by atoms with Crippen molar-refractivity contribution in [1.29, 1.82) is 0 Å². The number of esters is 1. The fourth-order valence-electron chi connectivity index (χ4n) is 0.717. The molecule has 0 aromatic rings. The molecule has 9 heavy (non-hydrogen) atoms. The van der Waals surface area contributed by atoms with Gasteiger partial charge in [0.2, 0.25) is 0 Å². The topological polar surface area (TPSA) is 38.7 Å². The quantitative estimate of drug-likeness (QED) is 0.484. The maximum absolute atomic E-state index is 10.7. The Morgan fingerprint density at radius 2 is 2.33 bits per heavy atom. The molecule has 0 saturated carbocycles. The molecule has 1 aliphatic rings. The molecule has 0 unspecified atom stereocenters. The molecule has 50 valence electrons. The van der Waals surface area contributed by atoms with Crippen molar-refractivity contribution in [3.05, 3.63) is 0 Å². The van der Waals surface area contributed by atoms with E-state index in [1.807, 2.05) is 13.8 Å². The van der Waals surface area contributed by atoms with Gasteiger partial charge in [-0.1, -0.05) is 13.8 Å². The number of cyclic esters (lactones) is 1. The van der Waals surface area contributed by atoms with Gasteiger partial charge in [0.25, 0.3) is 0 Å². The van der Waals surface area contributed by atoms with Gasteiger partial charge in [-0.3, -0.25) is 0 Å². The van der Waals surface area contributed by atoms with Crippen molar-refractivity contribution in [2.75, 3.05) is 6.73 Å². The van der Waals surface area contributed by atoms with Crippen molar-refractivity contribution in [3.8, 4) is 0 Å². The lowest BCUT2D eigenvalue weighted by atomic mass is 10.1. The molecule has 0 bridgehead atoms. The minimum Gasteiger partial charge on any atom is -0.438 e. The predicted molar refractivity (Wildman–Crippen MR) is 33.2 cm³/mol. The zero-order chi connectivity index (χ0) is 6.85. The maximum atomic E-state index is 10.7. The van der Waals surface area contributed by atoms with Crippen LogP contribution in [0.2, 0.25) is 0 Å². The summed E-state index contributed by atoms with van der Waals surface area (Å²) in [6.07, 6.45) is 0. The van der Waals surface area contributed by atoms with Crippen LogP contribution in [0.4, 0.5) is 0 Å². The van der Waals surface area contributed by atoms with Gasteiger partial charge in [-0.05, 0) is 0 Å². The second-order valence-corrected chi connectivity index (χ2v) is 2.26. The lowest BCUT2D eigenvalue weighted by Crippen LogP contribution is -2.15. The summed E-state index contributed by atoms with van der Waals surface area (Å²) in [6.45, 7) is 4.06. The van der Waals surface area contributed by atoms with Gasteiger partial charge in [-0.2, -0.15) is 0 Å². The molecule has 0 atom stereocenters. The number of carbonyl (C=O) groups excluding carboxylic acids is 1. The number of carbonyl (C=O) groups is 1. The highest BCUT2D eigenvalue weighted by molar-refractivity contribution is 6.38. The molecule has 3 nitrogen and oxygen atoms in total. The lowest BCUT2D eigenvalue weighted by Gasteiger charge is -1.97. The first-order chi connectivity index (χ1) is 4.22. The van der Waals surface area contributed by atoms with Gasteiger partial charge in [-0.15, -0.1) is 0 Å². The van der Waals surface area contributed by atoms with E-state index in [1.54, 1.807) is 0 Å². The molecule has 0 radical (unpaired) electrons. The number of hydrogen-bond acceptors (Lipinski definition) is 3. The molecular formula is C6H9NO2. The van der Waals surface area contributed by atoms with Crippen LogP contribution < -0.4 is 0 Å². The van der Waals surface area contributed by atoms with Crippen LogP contribution in [0.5, 0.6) is 0 Å². The number of rotatable bonds is 1. The van der Waals surface area contributed by atoms with Crippen molar-refractivity contribution in [3.63, 3.8) is 0 Å². The first-order valence-corrected chi connectivity index (χ1v) is 2.93. The minimum absolute atomic E-state index is 0.194. The number of aliphatic imine (C=N–C) groups is 1. The standard InChI is InChI=1S/C6H9NO2/c1-4(2)5-6(8)9-3-7-5/h4H,3H2,1-2H3. The molecular weight excluding hydrogens is 118 g/mol. The maximum Gasteiger partial charge on any atom is 0.354 e. The highest BCUT2D eigenvalue weighted by atomic mass is 16.5. The molecule has 0 fully saturated rings. The summed E-state index contributed by atoms with van der Waals surface area (Å²) in [7, 11) is 0. The van der Waals surface area contributed by atoms with E-state index in [0.717, 1.165) is 0 Å². The summed E-state index contributed by atoms with van der Waals surface area (Å²) in [5.41, 5.74) is 0.565. The highest BCUT2D eigenvalue weighted by Crippen LogP contribution is 2.05. The van der Waals surface area contributed by atoms with Crippen LogP contribution >= 0.6 is 0 Å². The van der Waals surface area contributed by atoms with Crippen LogP contribution in [0.3, 0.4) is 0 Å². The molecule has 3 heteroatoms. The fraction of sp³-hybridized carbons (Fsp3) is 0.667. The van der Waals surface area contributed by atoms with Crippen LogP contribution in [0.25, 0.3) is 0 Å². The molecule has 1 heterocycles. The van der Waals surface area contributed by atoms with Gasteiger partial charge in [0.1, 0.15) is 5.71 Å². The Bertz CT molecular complexity index is 160. The molecule has 0 aliphatic carbocycles. The monoisotopic (exact) mass is 127 g/mol. The van der Waals surface area contributed by atoms with Crippen LogP contribution in [0.1, 0.15) is 13.8 Å². The third kappa shape index (κ3) is 1.09. The Morgan fingerprint density at radius 1 is 1.67 bits per heavy atom. The predicted octanol–water partition coefficient (Wildman–Crippen LogP) is 0.598. The Kier molecular flexibility index (Phi) is 1.51. The van der Waals surface area contributed by atoms with E-state index in [2.05, 4.69) is 9.73 Å². The third-order valence-electron chi connectivity index (χ3n) is 1.19. The van der Waals surface area contributed by atoms with E-state index in [-0.39, 0.29) is 18.6 Å².